The molecule has 1 unspecified atom stereocenters. The number of aromatic nitrogens is 2. The van der Waals surface area contributed by atoms with Crippen molar-refractivity contribution in [3.63, 3.8) is 0 Å². The number of fused-ring (bicyclic) bond motifs is 1. The van der Waals surface area contributed by atoms with Gasteiger partial charge in [0.2, 0.25) is 0 Å². The van der Waals surface area contributed by atoms with Gasteiger partial charge in [-0.15, -0.1) is 0 Å². The minimum atomic E-state index is 0.246. The predicted octanol–water partition coefficient (Wildman–Crippen LogP) is 10.4. The third kappa shape index (κ3) is 9.91. The monoisotopic (exact) mass is 562 g/mol. The molecule has 0 aliphatic heterocycles. The molecule has 0 saturated carbocycles. The van der Waals surface area contributed by atoms with Gasteiger partial charge in [-0.2, -0.15) is 0 Å². The molecule has 1 atom stereocenters. The van der Waals surface area contributed by atoms with Gasteiger partial charge in [-0.3, -0.25) is 9.97 Å². The molecule has 0 spiro atoms. The van der Waals surface area contributed by atoms with E-state index in [0.29, 0.717) is 5.92 Å². The number of nitrogens with zero attached hydrogens (tertiary/aromatic N) is 2. The first kappa shape index (κ1) is 34.4. The predicted molar refractivity (Wildman–Crippen MR) is 181 cm³/mol. The molecular formula is C39H50N2O. The summed E-state index contributed by atoms with van der Waals surface area (Å²) in [5.74, 6) is 0.460. The molecule has 3 heteroatoms. The fraction of sp³-hybridized carbons (Fsp3) is 0.359. The van der Waals surface area contributed by atoms with Crippen molar-refractivity contribution in [2.24, 2.45) is 5.41 Å². The Kier molecular flexibility index (Phi) is 14.1. The van der Waals surface area contributed by atoms with Crippen LogP contribution in [0.25, 0.3) is 10.9 Å². The number of aryl methyl sites for hydroxylation is 2. The van der Waals surface area contributed by atoms with Gasteiger partial charge in [0.25, 0.3) is 0 Å². The van der Waals surface area contributed by atoms with E-state index in [0.717, 1.165) is 31.1 Å². The number of carbonyl (C=O) groups excluding carboxylic acids is 1. The molecule has 0 fully saturated rings. The number of aldehydes is 1. The van der Waals surface area contributed by atoms with Crippen LogP contribution in [0.5, 0.6) is 0 Å². The molecule has 0 bridgehead atoms. The number of allylic oxidation sites excluding steroid dienone is 4. The second-order valence-electron chi connectivity index (χ2n) is 11.4. The zero-order chi connectivity index (χ0) is 31.1. The highest BCUT2D eigenvalue weighted by atomic mass is 16.1. The van der Waals surface area contributed by atoms with Crippen molar-refractivity contribution in [3.05, 3.63) is 130 Å². The Morgan fingerprint density at radius 1 is 0.881 bits per heavy atom. The van der Waals surface area contributed by atoms with Crippen LogP contribution in [-0.4, -0.2) is 16.3 Å². The first-order chi connectivity index (χ1) is 20.2. The fourth-order valence-corrected chi connectivity index (χ4v) is 5.05. The van der Waals surface area contributed by atoms with Gasteiger partial charge in [0.15, 0.2) is 0 Å². The van der Waals surface area contributed by atoms with Crippen molar-refractivity contribution in [2.75, 3.05) is 0 Å². The highest BCUT2D eigenvalue weighted by Crippen LogP contribution is 2.37. The van der Waals surface area contributed by atoms with Crippen LogP contribution >= 0.6 is 0 Å². The maximum Gasteiger partial charge on any atom is 0.116 e. The molecule has 2 aromatic heterocycles. The van der Waals surface area contributed by atoms with E-state index in [1.54, 1.807) is 0 Å². The van der Waals surface area contributed by atoms with Crippen molar-refractivity contribution in [1.82, 2.24) is 9.97 Å². The molecule has 42 heavy (non-hydrogen) atoms. The van der Waals surface area contributed by atoms with Gasteiger partial charge in [-0.25, -0.2) is 0 Å². The Labute approximate surface area is 254 Å². The standard InChI is InChI=1S/C19H19N.C16H21N.C2H4O.C2H6/c1-3-16-13-19-18(11-14(16)2)17(9-10-20-19)12-15-7-5-4-6-8-15;1-12-11-13(16(2,3)4)8-9-14(12)15-7-5-6-10-17-15;1-2-3;1-2/h4-11,13H,3,12H2,1-2H3;5-8,10-11,14H,9H2,1-4H3;2H,1H3;1-2H3. The van der Waals surface area contributed by atoms with E-state index in [1.807, 2.05) is 32.3 Å². The summed E-state index contributed by atoms with van der Waals surface area (Å²) in [5.41, 5.74) is 10.9. The number of rotatable bonds is 4. The Morgan fingerprint density at radius 3 is 2.12 bits per heavy atom. The molecule has 5 rings (SSSR count). The van der Waals surface area contributed by atoms with Gasteiger partial charge >= 0.3 is 0 Å². The van der Waals surface area contributed by atoms with Crippen molar-refractivity contribution in [2.45, 2.75) is 87.5 Å². The Bertz CT molecular complexity index is 1440. The minimum Gasteiger partial charge on any atom is -0.304 e. The van der Waals surface area contributed by atoms with Crippen LogP contribution in [0.15, 0.2) is 102 Å². The van der Waals surface area contributed by atoms with E-state index < -0.39 is 0 Å². The summed E-state index contributed by atoms with van der Waals surface area (Å²) in [4.78, 5) is 17.8. The molecule has 2 aromatic carbocycles. The van der Waals surface area contributed by atoms with Crippen LogP contribution in [0.2, 0.25) is 0 Å². The molecule has 4 aromatic rings. The van der Waals surface area contributed by atoms with Crippen LogP contribution < -0.4 is 0 Å². The maximum atomic E-state index is 8.81. The lowest BCUT2D eigenvalue weighted by Gasteiger charge is -2.27. The van der Waals surface area contributed by atoms with E-state index in [9.17, 15) is 0 Å². The largest absolute Gasteiger partial charge is 0.304 e. The van der Waals surface area contributed by atoms with Gasteiger partial charge in [0, 0.05) is 29.4 Å². The lowest BCUT2D eigenvalue weighted by molar-refractivity contribution is -0.106. The van der Waals surface area contributed by atoms with Crippen LogP contribution in [0, 0.1) is 12.3 Å². The molecule has 1 aliphatic carbocycles. The summed E-state index contributed by atoms with van der Waals surface area (Å²) in [6.07, 6.45) is 12.4. The average molecular weight is 563 g/mol. The summed E-state index contributed by atoms with van der Waals surface area (Å²) < 4.78 is 0. The third-order valence-corrected chi connectivity index (χ3v) is 7.32. The molecule has 0 radical (unpaired) electrons. The van der Waals surface area contributed by atoms with Gasteiger partial charge < -0.3 is 4.79 Å². The quantitative estimate of drug-likeness (QED) is 0.232. The van der Waals surface area contributed by atoms with E-state index in [2.05, 4.69) is 124 Å². The smallest absolute Gasteiger partial charge is 0.116 e. The van der Waals surface area contributed by atoms with Crippen molar-refractivity contribution in [1.29, 1.82) is 0 Å². The summed E-state index contributed by atoms with van der Waals surface area (Å²) in [5, 5.41) is 1.28. The topological polar surface area (TPSA) is 42.9 Å². The molecule has 0 amide bonds. The van der Waals surface area contributed by atoms with Gasteiger partial charge in [-0.05, 0) is 104 Å². The van der Waals surface area contributed by atoms with E-state index in [-0.39, 0.29) is 5.41 Å². The number of hydrogen-bond donors (Lipinski definition) is 0. The van der Waals surface area contributed by atoms with Crippen LogP contribution in [-0.2, 0) is 17.6 Å². The van der Waals surface area contributed by atoms with Gasteiger partial charge in [-0.1, -0.05) is 95.7 Å². The van der Waals surface area contributed by atoms with Crippen molar-refractivity contribution in [3.8, 4) is 0 Å². The van der Waals surface area contributed by atoms with E-state index >= 15 is 0 Å². The zero-order valence-corrected chi connectivity index (χ0v) is 27.2. The Balaban J connectivity index is 0.000000257. The van der Waals surface area contributed by atoms with Gasteiger partial charge in [0.1, 0.15) is 6.29 Å². The first-order valence-corrected chi connectivity index (χ1v) is 15.3. The summed E-state index contributed by atoms with van der Waals surface area (Å²) >= 11 is 0. The van der Waals surface area contributed by atoms with Crippen LogP contribution in [0.4, 0.5) is 0 Å². The molecular weight excluding hydrogens is 512 g/mol. The first-order valence-electron chi connectivity index (χ1n) is 15.3. The van der Waals surface area contributed by atoms with E-state index in [1.165, 1.54) is 51.4 Å². The third-order valence-electron chi connectivity index (χ3n) is 7.32. The second kappa shape index (κ2) is 17.2. The normalized spacial score (nSPS) is 14.1. The summed E-state index contributed by atoms with van der Waals surface area (Å²) in [6.45, 7) is 18.9. The number of carbonyl (C=O) groups is 1. The minimum absolute atomic E-state index is 0.246. The van der Waals surface area contributed by atoms with E-state index in [4.69, 9.17) is 4.79 Å². The number of hydrogen-bond acceptors (Lipinski definition) is 3. The van der Waals surface area contributed by atoms with Crippen molar-refractivity contribution >= 4 is 17.2 Å². The lowest BCUT2D eigenvalue weighted by Crippen LogP contribution is -2.13. The summed E-state index contributed by atoms with van der Waals surface area (Å²) in [7, 11) is 0. The Morgan fingerprint density at radius 2 is 1.55 bits per heavy atom. The summed E-state index contributed by atoms with van der Waals surface area (Å²) in [6, 6.07) is 23.4. The molecule has 0 saturated heterocycles. The highest BCUT2D eigenvalue weighted by Gasteiger charge is 2.23. The Hall–Kier alpha value is -3.85. The average Bonchev–Trinajstić information content (AvgIpc) is 2.99. The number of benzene rings is 2. The molecule has 1 aliphatic rings. The van der Waals surface area contributed by atoms with Crippen molar-refractivity contribution < 1.29 is 4.79 Å². The maximum absolute atomic E-state index is 8.81. The molecule has 2 heterocycles. The molecule has 0 N–H and O–H groups in total. The number of pyridine rings is 2. The van der Waals surface area contributed by atoms with Gasteiger partial charge in [0.05, 0.1) is 5.52 Å². The highest BCUT2D eigenvalue weighted by molar-refractivity contribution is 5.84. The fourth-order valence-electron chi connectivity index (χ4n) is 5.05. The molecule has 3 nitrogen and oxygen atoms in total. The SMILES string of the molecule is CC.CC1=CC(C(C)(C)C)=CCC1c1ccccn1.CC=O.CCc1cc2nccc(Cc3ccccc3)c2cc1C. The second-order valence-corrected chi connectivity index (χ2v) is 11.4. The lowest BCUT2D eigenvalue weighted by atomic mass is 9.78. The zero-order valence-electron chi connectivity index (χ0n) is 27.2. The molecule has 222 valence electrons. The van der Waals surface area contributed by atoms with Crippen LogP contribution in [0.1, 0.15) is 95.7 Å². The van der Waals surface area contributed by atoms with Crippen LogP contribution in [0.3, 0.4) is 0 Å².